The van der Waals surface area contributed by atoms with Crippen LogP contribution in [0.4, 0.5) is 0 Å². The SMILES string of the molecule is CC1(C)C[C@H](NC2CCOCC2)[C@@]2(CCC(=O)NCc3ccco3)CC[C@](C)(O)C[C@@H]12. The molecule has 4 rings (SSSR count). The molecule has 1 aromatic heterocycles. The van der Waals surface area contributed by atoms with Gasteiger partial charge in [-0.2, -0.15) is 0 Å². The molecule has 4 atom stereocenters. The van der Waals surface area contributed by atoms with E-state index in [9.17, 15) is 9.90 Å². The summed E-state index contributed by atoms with van der Waals surface area (Å²) in [6.07, 6.45) is 8.81. The van der Waals surface area contributed by atoms with E-state index in [0.29, 0.717) is 31.0 Å². The minimum atomic E-state index is -0.611. The standard InChI is InChI=1S/C25H40N2O4/c1-23(2)16-21(27-18-7-13-30-14-8-18)25(11-10-24(3,29)15-20(23)25)9-6-22(28)26-17-19-5-4-12-31-19/h4-5,12,18,20-21,27,29H,6-11,13-17H2,1-3H3,(H,26,28)/t20-,21-,24-,25-/m0/s1. The summed E-state index contributed by atoms with van der Waals surface area (Å²) in [6.45, 7) is 8.80. The number of furan rings is 1. The molecular weight excluding hydrogens is 392 g/mol. The van der Waals surface area contributed by atoms with Gasteiger partial charge in [0.15, 0.2) is 0 Å². The summed E-state index contributed by atoms with van der Waals surface area (Å²) >= 11 is 0. The number of carbonyl (C=O) groups is 1. The highest BCUT2D eigenvalue weighted by atomic mass is 16.5. The monoisotopic (exact) mass is 432 g/mol. The van der Waals surface area contributed by atoms with Crippen molar-refractivity contribution in [3.05, 3.63) is 24.2 Å². The van der Waals surface area contributed by atoms with Gasteiger partial charge in [-0.05, 0) is 80.8 Å². The van der Waals surface area contributed by atoms with Crippen LogP contribution in [-0.4, -0.2) is 41.9 Å². The van der Waals surface area contributed by atoms with Crippen molar-refractivity contribution in [1.29, 1.82) is 0 Å². The van der Waals surface area contributed by atoms with Crippen molar-refractivity contribution in [2.45, 2.75) is 96.4 Å². The highest BCUT2D eigenvalue weighted by Crippen LogP contribution is 2.64. The summed E-state index contributed by atoms with van der Waals surface area (Å²) in [5.74, 6) is 1.26. The van der Waals surface area contributed by atoms with Crippen molar-refractivity contribution in [3.63, 3.8) is 0 Å². The highest BCUT2D eigenvalue weighted by Gasteiger charge is 2.61. The van der Waals surface area contributed by atoms with E-state index < -0.39 is 5.60 Å². The average Bonchev–Trinajstić information content (AvgIpc) is 3.31. The van der Waals surface area contributed by atoms with Gasteiger partial charge in [0.1, 0.15) is 5.76 Å². The van der Waals surface area contributed by atoms with Crippen LogP contribution < -0.4 is 10.6 Å². The number of ether oxygens (including phenoxy) is 1. The summed E-state index contributed by atoms with van der Waals surface area (Å²) < 4.78 is 10.9. The van der Waals surface area contributed by atoms with Crippen LogP contribution in [0.5, 0.6) is 0 Å². The lowest BCUT2D eigenvalue weighted by Crippen LogP contribution is -2.54. The predicted octanol–water partition coefficient (Wildman–Crippen LogP) is 3.78. The van der Waals surface area contributed by atoms with Crippen LogP contribution in [0.25, 0.3) is 0 Å². The first-order valence-electron chi connectivity index (χ1n) is 12.1. The first-order chi connectivity index (χ1) is 14.7. The zero-order chi connectivity index (χ0) is 22.1. The normalized spacial score (nSPS) is 35.6. The molecule has 174 valence electrons. The molecular formula is C25H40N2O4. The molecule has 3 N–H and O–H groups in total. The Morgan fingerprint density at radius 3 is 2.68 bits per heavy atom. The van der Waals surface area contributed by atoms with Crippen molar-refractivity contribution in [2.24, 2.45) is 16.7 Å². The zero-order valence-corrected chi connectivity index (χ0v) is 19.4. The van der Waals surface area contributed by atoms with E-state index in [1.165, 1.54) is 0 Å². The second kappa shape index (κ2) is 8.87. The third-order valence-corrected chi connectivity index (χ3v) is 8.35. The lowest BCUT2D eigenvalue weighted by atomic mass is 9.57. The van der Waals surface area contributed by atoms with Gasteiger partial charge in [0.2, 0.25) is 5.91 Å². The van der Waals surface area contributed by atoms with Crippen LogP contribution in [0.2, 0.25) is 0 Å². The molecule has 3 aliphatic rings. The molecule has 6 heteroatoms. The van der Waals surface area contributed by atoms with Gasteiger partial charge in [0.25, 0.3) is 0 Å². The van der Waals surface area contributed by atoms with E-state index in [2.05, 4.69) is 24.5 Å². The molecule has 1 amide bonds. The summed E-state index contributed by atoms with van der Waals surface area (Å²) in [6, 6.07) is 4.59. The van der Waals surface area contributed by atoms with Crippen LogP contribution in [0.3, 0.4) is 0 Å². The number of aliphatic hydroxyl groups is 1. The quantitative estimate of drug-likeness (QED) is 0.611. The summed E-state index contributed by atoms with van der Waals surface area (Å²) in [4.78, 5) is 12.7. The molecule has 0 bridgehead atoms. The number of amides is 1. The Morgan fingerprint density at radius 2 is 1.97 bits per heavy atom. The van der Waals surface area contributed by atoms with Crippen LogP contribution >= 0.6 is 0 Å². The summed E-state index contributed by atoms with van der Waals surface area (Å²) in [5, 5.41) is 17.9. The number of hydrogen-bond acceptors (Lipinski definition) is 5. The Hall–Kier alpha value is -1.37. The smallest absolute Gasteiger partial charge is 0.220 e. The van der Waals surface area contributed by atoms with Gasteiger partial charge in [-0.15, -0.1) is 0 Å². The van der Waals surface area contributed by atoms with E-state index in [1.54, 1.807) is 6.26 Å². The summed E-state index contributed by atoms with van der Waals surface area (Å²) in [7, 11) is 0. The second-order valence-electron chi connectivity index (χ2n) is 11.1. The molecule has 3 fully saturated rings. The van der Waals surface area contributed by atoms with Gasteiger partial charge in [0.05, 0.1) is 18.4 Å². The molecule has 1 aliphatic heterocycles. The third kappa shape index (κ3) is 5.01. The molecule has 0 spiro atoms. The Balaban J connectivity index is 1.48. The van der Waals surface area contributed by atoms with Crippen molar-refractivity contribution in [1.82, 2.24) is 10.6 Å². The fraction of sp³-hybridized carbons (Fsp3) is 0.800. The molecule has 1 saturated heterocycles. The number of hydrogen-bond donors (Lipinski definition) is 3. The van der Waals surface area contributed by atoms with Gasteiger partial charge in [-0.1, -0.05) is 13.8 Å². The molecule has 0 unspecified atom stereocenters. The molecule has 2 saturated carbocycles. The Morgan fingerprint density at radius 1 is 1.19 bits per heavy atom. The van der Waals surface area contributed by atoms with E-state index in [0.717, 1.165) is 63.9 Å². The number of fused-ring (bicyclic) bond motifs is 1. The van der Waals surface area contributed by atoms with E-state index in [1.807, 2.05) is 19.1 Å². The minimum Gasteiger partial charge on any atom is -0.467 e. The maximum atomic E-state index is 12.7. The Bertz CT molecular complexity index is 739. The molecule has 0 radical (unpaired) electrons. The number of carbonyl (C=O) groups excluding carboxylic acids is 1. The van der Waals surface area contributed by atoms with Gasteiger partial charge < -0.3 is 24.9 Å². The zero-order valence-electron chi connectivity index (χ0n) is 19.4. The van der Waals surface area contributed by atoms with E-state index in [4.69, 9.17) is 9.15 Å². The fourth-order valence-electron chi connectivity index (χ4n) is 6.65. The number of nitrogens with one attached hydrogen (secondary N) is 2. The topological polar surface area (TPSA) is 83.7 Å². The van der Waals surface area contributed by atoms with Crippen LogP contribution in [-0.2, 0) is 16.1 Å². The van der Waals surface area contributed by atoms with Gasteiger partial charge in [0, 0.05) is 31.7 Å². The van der Waals surface area contributed by atoms with Crippen molar-refractivity contribution < 1.29 is 19.1 Å². The lowest BCUT2D eigenvalue weighted by Gasteiger charge is -2.51. The van der Waals surface area contributed by atoms with Crippen molar-refractivity contribution in [3.8, 4) is 0 Å². The number of rotatable bonds is 7. The molecule has 6 nitrogen and oxygen atoms in total. The van der Waals surface area contributed by atoms with Gasteiger partial charge in [-0.3, -0.25) is 4.79 Å². The first-order valence-corrected chi connectivity index (χ1v) is 12.1. The maximum absolute atomic E-state index is 12.7. The molecule has 2 aliphatic carbocycles. The highest BCUT2D eigenvalue weighted by molar-refractivity contribution is 5.75. The van der Waals surface area contributed by atoms with Crippen molar-refractivity contribution in [2.75, 3.05) is 13.2 Å². The molecule has 2 heterocycles. The summed E-state index contributed by atoms with van der Waals surface area (Å²) in [5.41, 5.74) is -0.426. The van der Waals surface area contributed by atoms with Crippen LogP contribution in [0, 0.1) is 16.7 Å². The van der Waals surface area contributed by atoms with Crippen molar-refractivity contribution >= 4 is 5.91 Å². The third-order valence-electron chi connectivity index (χ3n) is 8.35. The van der Waals surface area contributed by atoms with E-state index >= 15 is 0 Å². The largest absolute Gasteiger partial charge is 0.467 e. The minimum absolute atomic E-state index is 0.0477. The predicted molar refractivity (Wildman–Crippen MR) is 119 cm³/mol. The molecule has 1 aromatic rings. The first kappa shape index (κ1) is 22.8. The fourth-order valence-corrected chi connectivity index (χ4v) is 6.65. The maximum Gasteiger partial charge on any atom is 0.220 e. The Kier molecular flexibility index (Phi) is 6.53. The second-order valence-corrected chi connectivity index (χ2v) is 11.1. The molecule has 31 heavy (non-hydrogen) atoms. The lowest BCUT2D eigenvalue weighted by molar-refractivity contribution is -0.123. The van der Waals surface area contributed by atoms with E-state index in [-0.39, 0.29) is 16.7 Å². The van der Waals surface area contributed by atoms with Crippen LogP contribution in [0.1, 0.15) is 77.9 Å². The Labute approximate surface area is 186 Å². The van der Waals surface area contributed by atoms with Crippen LogP contribution in [0.15, 0.2) is 22.8 Å². The van der Waals surface area contributed by atoms with Gasteiger partial charge >= 0.3 is 0 Å². The average molecular weight is 433 g/mol. The van der Waals surface area contributed by atoms with Gasteiger partial charge in [-0.25, -0.2) is 0 Å². The molecule has 0 aromatic carbocycles.